The smallest absolute Gasteiger partial charge is 0.147 e. The molecule has 2 rings (SSSR count). The maximum Gasteiger partial charge on any atom is 0.147 e. The van der Waals surface area contributed by atoms with Crippen LogP contribution >= 0.6 is 23.2 Å². The molecular formula is C12H16Cl2N2. The van der Waals surface area contributed by atoms with E-state index >= 15 is 0 Å². The minimum Gasteiger partial charge on any atom is -0.355 e. The first-order chi connectivity index (χ1) is 7.81. The molecule has 1 saturated heterocycles. The molecule has 88 valence electrons. The van der Waals surface area contributed by atoms with Crippen LogP contribution in [-0.4, -0.2) is 24.0 Å². The molecular weight excluding hydrogens is 243 g/mol. The monoisotopic (exact) mass is 258 g/mol. The number of piperidine rings is 1. The van der Waals surface area contributed by atoms with Gasteiger partial charge < -0.3 is 4.90 Å². The molecule has 1 aliphatic rings. The predicted octanol–water partition coefficient (Wildman–Crippen LogP) is 3.58. The fraction of sp³-hybridized carbons (Fsp3) is 0.583. The van der Waals surface area contributed by atoms with Crippen molar-refractivity contribution in [1.29, 1.82) is 0 Å². The van der Waals surface area contributed by atoms with Crippen molar-refractivity contribution in [3.05, 3.63) is 23.4 Å². The first-order valence-electron chi connectivity index (χ1n) is 5.72. The number of aromatic nitrogens is 1. The summed E-state index contributed by atoms with van der Waals surface area (Å²) >= 11 is 12.0. The third-order valence-electron chi connectivity index (χ3n) is 3.07. The summed E-state index contributed by atoms with van der Waals surface area (Å²) in [6.45, 7) is 2.08. The molecule has 0 radical (unpaired) electrons. The van der Waals surface area contributed by atoms with E-state index in [0.717, 1.165) is 36.2 Å². The molecule has 1 aromatic heterocycles. The molecule has 0 aromatic carbocycles. The van der Waals surface area contributed by atoms with Crippen LogP contribution in [0.25, 0.3) is 0 Å². The molecule has 1 aromatic rings. The Morgan fingerprint density at radius 1 is 1.50 bits per heavy atom. The maximum atomic E-state index is 6.15. The highest BCUT2D eigenvalue weighted by molar-refractivity contribution is 6.32. The van der Waals surface area contributed by atoms with Crippen molar-refractivity contribution in [2.75, 3.05) is 23.9 Å². The number of hydrogen-bond donors (Lipinski definition) is 0. The molecule has 1 aliphatic heterocycles. The van der Waals surface area contributed by atoms with Crippen molar-refractivity contribution >= 4 is 29.0 Å². The van der Waals surface area contributed by atoms with Gasteiger partial charge in [0.15, 0.2) is 0 Å². The van der Waals surface area contributed by atoms with E-state index in [9.17, 15) is 0 Å². The Labute approximate surface area is 107 Å². The number of hydrogen-bond acceptors (Lipinski definition) is 2. The van der Waals surface area contributed by atoms with Crippen LogP contribution in [0.3, 0.4) is 0 Å². The molecule has 4 heteroatoms. The summed E-state index contributed by atoms with van der Waals surface area (Å²) in [5.74, 6) is 2.35. The van der Waals surface area contributed by atoms with Crippen molar-refractivity contribution in [1.82, 2.24) is 4.98 Å². The molecule has 0 bridgehead atoms. The Kier molecular flexibility index (Phi) is 4.30. The number of halogens is 2. The van der Waals surface area contributed by atoms with Crippen molar-refractivity contribution in [3.8, 4) is 0 Å². The van der Waals surface area contributed by atoms with Gasteiger partial charge in [0.05, 0.1) is 5.02 Å². The number of pyridine rings is 1. The van der Waals surface area contributed by atoms with E-state index in [2.05, 4.69) is 9.88 Å². The topological polar surface area (TPSA) is 16.1 Å². The van der Waals surface area contributed by atoms with Crippen molar-refractivity contribution in [2.24, 2.45) is 5.92 Å². The van der Waals surface area contributed by atoms with E-state index in [4.69, 9.17) is 23.2 Å². The highest BCUT2D eigenvalue weighted by atomic mass is 35.5. The van der Waals surface area contributed by atoms with Crippen molar-refractivity contribution in [2.45, 2.75) is 19.3 Å². The fourth-order valence-electron chi connectivity index (χ4n) is 2.26. The molecule has 1 fully saturated rings. The van der Waals surface area contributed by atoms with E-state index in [1.54, 1.807) is 6.20 Å². The highest BCUT2D eigenvalue weighted by Crippen LogP contribution is 2.28. The van der Waals surface area contributed by atoms with Gasteiger partial charge in [-0.15, -0.1) is 11.6 Å². The summed E-state index contributed by atoms with van der Waals surface area (Å²) in [5.41, 5.74) is 0. The highest BCUT2D eigenvalue weighted by Gasteiger charge is 2.21. The Bertz CT molecular complexity index is 342. The van der Waals surface area contributed by atoms with E-state index in [-0.39, 0.29) is 0 Å². The normalized spacial score (nSPS) is 21.1. The quantitative estimate of drug-likeness (QED) is 0.771. The number of rotatable bonds is 3. The van der Waals surface area contributed by atoms with Crippen LogP contribution in [0.1, 0.15) is 19.3 Å². The van der Waals surface area contributed by atoms with Gasteiger partial charge in [0.2, 0.25) is 0 Å². The van der Waals surface area contributed by atoms with E-state index in [1.165, 1.54) is 12.8 Å². The standard InChI is InChI=1S/C12H16Cl2N2/c13-6-5-10-3-2-8-16(9-10)12-11(14)4-1-7-15-12/h1,4,7,10H,2-3,5-6,8-9H2. The van der Waals surface area contributed by atoms with Gasteiger partial charge in [-0.05, 0) is 37.3 Å². The molecule has 1 atom stereocenters. The first-order valence-corrected chi connectivity index (χ1v) is 6.64. The molecule has 2 nitrogen and oxygen atoms in total. The molecule has 0 spiro atoms. The lowest BCUT2D eigenvalue weighted by Crippen LogP contribution is -2.36. The predicted molar refractivity (Wildman–Crippen MR) is 69.5 cm³/mol. The van der Waals surface area contributed by atoms with Crippen LogP contribution in [0.2, 0.25) is 5.02 Å². The van der Waals surface area contributed by atoms with E-state index in [1.807, 2.05) is 12.1 Å². The van der Waals surface area contributed by atoms with E-state index < -0.39 is 0 Å². The second-order valence-electron chi connectivity index (χ2n) is 4.24. The SMILES string of the molecule is ClCCC1CCCN(c2ncccc2Cl)C1. The zero-order valence-electron chi connectivity index (χ0n) is 9.20. The Balaban J connectivity index is 2.07. The molecule has 0 N–H and O–H groups in total. The van der Waals surface area contributed by atoms with Gasteiger partial charge in [-0.3, -0.25) is 0 Å². The molecule has 0 amide bonds. The summed E-state index contributed by atoms with van der Waals surface area (Å²) in [5, 5.41) is 0.744. The second kappa shape index (κ2) is 5.74. The van der Waals surface area contributed by atoms with Gasteiger partial charge in [-0.1, -0.05) is 11.6 Å². The lowest BCUT2D eigenvalue weighted by Gasteiger charge is -2.33. The van der Waals surface area contributed by atoms with Gasteiger partial charge in [0.25, 0.3) is 0 Å². The lowest BCUT2D eigenvalue weighted by molar-refractivity contribution is 0.404. The van der Waals surface area contributed by atoms with Crippen LogP contribution < -0.4 is 4.90 Å². The summed E-state index contributed by atoms with van der Waals surface area (Å²) in [6, 6.07) is 3.76. The van der Waals surface area contributed by atoms with Crippen LogP contribution in [-0.2, 0) is 0 Å². The molecule has 0 saturated carbocycles. The third kappa shape index (κ3) is 2.80. The third-order valence-corrected chi connectivity index (χ3v) is 3.59. The maximum absolute atomic E-state index is 6.15. The van der Waals surface area contributed by atoms with Crippen LogP contribution in [0.4, 0.5) is 5.82 Å². The average molecular weight is 259 g/mol. The summed E-state index contributed by atoms with van der Waals surface area (Å²) < 4.78 is 0. The fourth-order valence-corrected chi connectivity index (χ4v) is 2.81. The zero-order chi connectivity index (χ0) is 11.4. The lowest BCUT2D eigenvalue weighted by atomic mass is 9.95. The summed E-state index contributed by atoms with van der Waals surface area (Å²) in [6.07, 6.45) is 5.36. The minimum absolute atomic E-state index is 0.685. The number of nitrogens with zero attached hydrogens (tertiary/aromatic N) is 2. The molecule has 0 aliphatic carbocycles. The van der Waals surface area contributed by atoms with Gasteiger partial charge in [0.1, 0.15) is 5.82 Å². The van der Waals surface area contributed by atoms with Gasteiger partial charge >= 0.3 is 0 Å². The number of alkyl halides is 1. The average Bonchev–Trinajstić information content (AvgIpc) is 2.30. The summed E-state index contributed by atoms with van der Waals surface area (Å²) in [4.78, 5) is 6.64. The van der Waals surface area contributed by atoms with Crippen molar-refractivity contribution in [3.63, 3.8) is 0 Å². The van der Waals surface area contributed by atoms with Gasteiger partial charge in [-0.2, -0.15) is 0 Å². The molecule has 2 heterocycles. The number of anilines is 1. The van der Waals surface area contributed by atoms with Crippen LogP contribution in [0.5, 0.6) is 0 Å². The van der Waals surface area contributed by atoms with Crippen LogP contribution in [0, 0.1) is 5.92 Å². The van der Waals surface area contributed by atoms with E-state index in [0.29, 0.717) is 5.92 Å². The van der Waals surface area contributed by atoms with Gasteiger partial charge in [-0.25, -0.2) is 4.98 Å². The Morgan fingerprint density at radius 2 is 2.38 bits per heavy atom. The second-order valence-corrected chi connectivity index (χ2v) is 5.03. The Morgan fingerprint density at radius 3 is 3.12 bits per heavy atom. The van der Waals surface area contributed by atoms with Crippen LogP contribution in [0.15, 0.2) is 18.3 Å². The van der Waals surface area contributed by atoms with Crippen molar-refractivity contribution < 1.29 is 0 Å². The first kappa shape index (κ1) is 12.0. The van der Waals surface area contributed by atoms with Gasteiger partial charge in [0, 0.05) is 25.2 Å². The zero-order valence-corrected chi connectivity index (χ0v) is 10.7. The molecule has 1 unspecified atom stereocenters. The minimum atomic E-state index is 0.685. The summed E-state index contributed by atoms with van der Waals surface area (Å²) in [7, 11) is 0. The largest absolute Gasteiger partial charge is 0.355 e. The molecule has 16 heavy (non-hydrogen) atoms. The Hall–Kier alpha value is -0.470.